The SMILES string of the molecule is CCC(NCCc1ccc2c(c1)NCCO2)C(=O)O. The van der Waals surface area contributed by atoms with Crippen molar-refractivity contribution >= 4 is 11.7 Å². The Bertz CT molecular complexity index is 448. The molecular weight excluding hydrogens is 244 g/mol. The molecule has 1 aliphatic rings. The molecule has 1 heterocycles. The summed E-state index contributed by atoms with van der Waals surface area (Å²) in [7, 11) is 0. The molecule has 0 saturated heterocycles. The number of nitrogens with one attached hydrogen (secondary N) is 2. The first-order valence-electron chi connectivity index (χ1n) is 6.66. The van der Waals surface area contributed by atoms with Gasteiger partial charge < -0.3 is 20.5 Å². The van der Waals surface area contributed by atoms with E-state index in [-0.39, 0.29) is 0 Å². The Morgan fingerprint density at radius 2 is 2.42 bits per heavy atom. The Morgan fingerprint density at radius 3 is 3.16 bits per heavy atom. The third-order valence-corrected chi connectivity index (χ3v) is 3.23. The topological polar surface area (TPSA) is 70.6 Å². The van der Waals surface area contributed by atoms with Crippen molar-refractivity contribution in [1.82, 2.24) is 5.32 Å². The van der Waals surface area contributed by atoms with E-state index in [1.165, 1.54) is 5.56 Å². The van der Waals surface area contributed by atoms with Crippen molar-refractivity contribution in [2.24, 2.45) is 0 Å². The van der Waals surface area contributed by atoms with Crippen LogP contribution in [0.5, 0.6) is 5.75 Å². The van der Waals surface area contributed by atoms with Crippen LogP contribution in [-0.4, -0.2) is 36.8 Å². The summed E-state index contributed by atoms with van der Waals surface area (Å²) in [5.74, 6) is 0.0999. The van der Waals surface area contributed by atoms with Gasteiger partial charge in [-0.2, -0.15) is 0 Å². The first-order chi connectivity index (χ1) is 9.20. The number of rotatable bonds is 6. The molecule has 1 aromatic carbocycles. The summed E-state index contributed by atoms with van der Waals surface area (Å²) in [5, 5.41) is 15.3. The number of carbonyl (C=O) groups is 1. The van der Waals surface area contributed by atoms with Crippen LogP contribution in [0.3, 0.4) is 0 Å². The van der Waals surface area contributed by atoms with Gasteiger partial charge >= 0.3 is 5.97 Å². The number of hydrogen-bond donors (Lipinski definition) is 3. The summed E-state index contributed by atoms with van der Waals surface area (Å²) in [5.41, 5.74) is 2.19. The van der Waals surface area contributed by atoms with E-state index < -0.39 is 12.0 Å². The highest BCUT2D eigenvalue weighted by molar-refractivity contribution is 5.73. The normalized spacial score (nSPS) is 15.0. The van der Waals surface area contributed by atoms with Gasteiger partial charge in [0.1, 0.15) is 18.4 Å². The van der Waals surface area contributed by atoms with Crippen molar-refractivity contribution in [1.29, 1.82) is 0 Å². The lowest BCUT2D eigenvalue weighted by Crippen LogP contribution is -2.37. The average molecular weight is 264 g/mol. The van der Waals surface area contributed by atoms with Gasteiger partial charge in [-0.05, 0) is 37.1 Å². The Labute approximate surface area is 113 Å². The molecule has 2 rings (SSSR count). The number of ether oxygens (including phenoxy) is 1. The van der Waals surface area contributed by atoms with Crippen molar-refractivity contribution in [3.63, 3.8) is 0 Å². The van der Waals surface area contributed by atoms with Crippen molar-refractivity contribution in [3.8, 4) is 5.75 Å². The Morgan fingerprint density at radius 1 is 1.58 bits per heavy atom. The van der Waals surface area contributed by atoms with E-state index in [9.17, 15) is 4.79 Å². The van der Waals surface area contributed by atoms with Crippen LogP contribution in [0, 0.1) is 0 Å². The van der Waals surface area contributed by atoms with E-state index in [0.717, 1.165) is 24.4 Å². The fraction of sp³-hybridized carbons (Fsp3) is 0.500. The van der Waals surface area contributed by atoms with Crippen molar-refractivity contribution in [2.45, 2.75) is 25.8 Å². The molecule has 1 unspecified atom stereocenters. The van der Waals surface area contributed by atoms with Crippen LogP contribution < -0.4 is 15.4 Å². The van der Waals surface area contributed by atoms with Gasteiger partial charge in [0.2, 0.25) is 0 Å². The maximum Gasteiger partial charge on any atom is 0.320 e. The van der Waals surface area contributed by atoms with Crippen molar-refractivity contribution < 1.29 is 14.6 Å². The zero-order chi connectivity index (χ0) is 13.7. The minimum Gasteiger partial charge on any atom is -0.490 e. The van der Waals surface area contributed by atoms with Crippen LogP contribution in [0.2, 0.25) is 0 Å². The Kier molecular flexibility index (Phi) is 4.63. The van der Waals surface area contributed by atoms with Crippen molar-refractivity contribution in [2.75, 3.05) is 25.0 Å². The molecular formula is C14H20N2O3. The lowest BCUT2D eigenvalue weighted by molar-refractivity contribution is -0.139. The number of fused-ring (bicyclic) bond motifs is 1. The summed E-state index contributed by atoms with van der Waals surface area (Å²) in [6, 6.07) is 5.59. The van der Waals surface area contributed by atoms with E-state index in [2.05, 4.69) is 16.7 Å². The summed E-state index contributed by atoms with van der Waals surface area (Å²) >= 11 is 0. The Balaban J connectivity index is 1.88. The maximum absolute atomic E-state index is 10.9. The number of anilines is 1. The summed E-state index contributed by atoms with van der Waals surface area (Å²) in [6.45, 7) is 4.05. The largest absolute Gasteiger partial charge is 0.490 e. The third kappa shape index (κ3) is 3.61. The van der Waals surface area contributed by atoms with Crippen molar-refractivity contribution in [3.05, 3.63) is 23.8 Å². The first-order valence-corrected chi connectivity index (χ1v) is 6.66. The van der Waals surface area contributed by atoms with Gasteiger partial charge in [0.15, 0.2) is 0 Å². The molecule has 0 aromatic heterocycles. The molecule has 1 aliphatic heterocycles. The van der Waals surface area contributed by atoms with Crippen LogP contribution in [0.15, 0.2) is 18.2 Å². The van der Waals surface area contributed by atoms with Crippen LogP contribution in [0.4, 0.5) is 5.69 Å². The number of benzene rings is 1. The smallest absolute Gasteiger partial charge is 0.320 e. The molecule has 0 radical (unpaired) electrons. The molecule has 104 valence electrons. The van der Waals surface area contributed by atoms with Crippen LogP contribution >= 0.6 is 0 Å². The molecule has 1 aromatic rings. The van der Waals surface area contributed by atoms with Crippen LogP contribution in [0.1, 0.15) is 18.9 Å². The molecule has 5 heteroatoms. The molecule has 3 N–H and O–H groups in total. The number of hydrogen-bond acceptors (Lipinski definition) is 4. The molecule has 0 aliphatic carbocycles. The van der Waals surface area contributed by atoms with Gasteiger partial charge in [0, 0.05) is 6.54 Å². The van der Waals surface area contributed by atoms with E-state index >= 15 is 0 Å². The van der Waals surface area contributed by atoms with Gasteiger partial charge in [-0.15, -0.1) is 0 Å². The second-order valence-corrected chi connectivity index (χ2v) is 4.61. The summed E-state index contributed by atoms with van der Waals surface area (Å²) < 4.78 is 5.51. The highest BCUT2D eigenvalue weighted by atomic mass is 16.5. The predicted octanol–water partition coefficient (Wildman–Crippen LogP) is 1.49. The molecule has 0 fully saturated rings. The number of aliphatic carboxylic acids is 1. The second-order valence-electron chi connectivity index (χ2n) is 4.61. The first kappa shape index (κ1) is 13.7. The molecule has 5 nitrogen and oxygen atoms in total. The zero-order valence-electron chi connectivity index (χ0n) is 11.1. The lowest BCUT2D eigenvalue weighted by Gasteiger charge is -2.20. The zero-order valence-corrected chi connectivity index (χ0v) is 11.1. The van der Waals surface area contributed by atoms with Crippen LogP contribution in [-0.2, 0) is 11.2 Å². The molecule has 0 bridgehead atoms. The Hall–Kier alpha value is -1.75. The van der Waals surface area contributed by atoms with Gasteiger partial charge in [-0.25, -0.2) is 0 Å². The lowest BCUT2D eigenvalue weighted by atomic mass is 10.1. The highest BCUT2D eigenvalue weighted by Gasteiger charge is 2.14. The number of carboxylic acid groups (broad SMARTS) is 1. The van der Waals surface area contributed by atoms with Gasteiger partial charge in [0.05, 0.1) is 5.69 Å². The highest BCUT2D eigenvalue weighted by Crippen LogP contribution is 2.28. The summed E-state index contributed by atoms with van der Waals surface area (Å²) in [6.07, 6.45) is 1.40. The third-order valence-electron chi connectivity index (χ3n) is 3.23. The van der Waals surface area contributed by atoms with E-state index in [1.807, 2.05) is 19.1 Å². The van der Waals surface area contributed by atoms with E-state index in [1.54, 1.807) is 0 Å². The average Bonchev–Trinajstić information content (AvgIpc) is 2.43. The quantitative estimate of drug-likeness (QED) is 0.726. The molecule has 0 spiro atoms. The second kappa shape index (κ2) is 6.43. The fourth-order valence-corrected chi connectivity index (χ4v) is 2.14. The maximum atomic E-state index is 10.9. The fourth-order valence-electron chi connectivity index (χ4n) is 2.14. The minimum atomic E-state index is -0.789. The van der Waals surface area contributed by atoms with E-state index in [0.29, 0.717) is 19.6 Å². The van der Waals surface area contributed by atoms with Gasteiger partial charge in [-0.3, -0.25) is 4.79 Å². The van der Waals surface area contributed by atoms with Gasteiger partial charge in [-0.1, -0.05) is 13.0 Å². The van der Waals surface area contributed by atoms with E-state index in [4.69, 9.17) is 9.84 Å². The predicted molar refractivity (Wildman–Crippen MR) is 73.8 cm³/mol. The summed E-state index contributed by atoms with van der Waals surface area (Å²) in [4.78, 5) is 10.9. The monoisotopic (exact) mass is 264 g/mol. The van der Waals surface area contributed by atoms with Crippen LogP contribution in [0.25, 0.3) is 0 Å². The number of carboxylic acids is 1. The molecule has 19 heavy (non-hydrogen) atoms. The molecule has 0 saturated carbocycles. The van der Waals surface area contributed by atoms with Gasteiger partial charge in [0.25, 0.3) is 0 Å². The standard InChI is InChI=1S/C14H20N2O3/c1-2-11(14(17)18)15-6-5-10-3-4-13-12(9-10)16-7-8-19-13/h3-4,9,11,15-16H,2,5-8H2,1H3,(H,17,18). The minimum absolute atomic E-state index is 0.459. The molecule has 1 atom stereocenters. The molecule has 0 amide bonds.